The lowest BCUT2D eigenvalue weighted by Gasteiger charge is -2.20. The third-order valence-corrected chi connectivity index (χ3v) is 4.15. The second-order valence-electron chi connectivity index (χ2n) is 5.72. The number of benzene rings is 1. The van der Waals surface area contributed by atoms with Gasteiger partial charge in [0, 0.05) is 24.7 Å². The fraction of sp³-hybridized carbons (Fsp3) is 0.312. The fourth-order valence-corrected chi connectivity index (χ4v) is 2.75. The molecule has 0 radical (unpaired) electrons. The Morgan fingerprint density at radius 3 is 2.76 bits per heavy atom. The van der Waals surface area contributed by atoms with Crippen molar-refractivity contribution in [3.8, 4) is 0 Å². The second-order valence-corrected chi connectivity index (χ2v) is 5.72. The van der Waals surface area contributed by atoms with E-state index in [-0.39, 0.29) is 12.5 Å². The summed E-state index contributed by atoms with van der Waals surface area (Å²) in [5, 5.41) is 11.0. The molecule has 0 aliphatic carbocycles. The van der Waals surface area contributed by atoms with Gasteiger partial charge in [0.1, 0.15) is 5.69 Å². The molecule has 1 aromatic heterocycles. The standard InChI is InChI=1S/C16H16N2O3/c1-16(15(20)21)7-9-18(10-16)14(19)13-12-5-3-2-4-11(12)6-8-17-13/h2-6,8H,7,9-10H2,1H3,(H,20,21). The van der Waals surface area contributed by atoms with Crippen LogP contribution in [0.3, 0.4) is 0 Å². The zero-order chi connectivity index (χ0) is 15.0. The predicted molar refractivity (Wildman–Crippen MR) is 78.0 cm³/mol. The van der Waals surface area contributed by atoms with Crippen LogP contribution in [0, 0.1) is 5.41 Å². The van der Waals surface area contributed by atoms with Gasteiger partial charge in [-0.3, -0.25) is 14.6 Å². The van der Waals surface area contributed by atoms with Crippen LogP contribution < -0.4 is 0 Å². The summed E-state index contributed by atoms with van der Waals surface area (Å²) < 4.78 is 0. The topological polar surface area (TPSA) is 70.5 Å². The highest BCUT2D eigenvalue weighted by molar-refractivity contribution is 6.05. The summed E-state index contributed by atoms with van der Waals surface area (Å²) in [4.78, 5) is 29.7. The number of aliphatic carboxylic acids is 1. The van der Waals surface area contributed by atoms with Crippen LogP contribution in [0.2, 0.25) is 0 Å². The second kappa shape index (κ2) is 4.84. The SMILES string of the molecule is CC1(C(=O)O)CCN(C(=O)c2nccc3ccccc23)C1. The summed E-state index contributed by atoms with van der Waals surface area (Å²) in [5.74, 6) is -1.06. The minimum atomic E-state index is -0.861. The molecule has 21 heavy (non-hydrogen) atoms. The molecule has 2 heterocycles. The minimum absolute atomic E-state index is 0.197. The molecule has 1 amide bonds. The van der Waals surface area contributed by atoms with E-state index in [2.05, 4.69) is 4.98 Å². The van der Waals surface area contributed by atoms with E-state index in [1.165, 1.54) is 0 Å². The van der Waals surface area contributed by atoms with E-state index in [1.54, 1.807) is 18.0 Å². The molecule has 1 fully saturated rings. The molecule has 0 saturated carbocycles. The number of nitrogens with zero attached hydrogens (tertiary/aromatic N) is 2. The van der Waals surface area contributed by atoms with Crippen LogP contribution in [-0.2, 0) is 4.79 Å². The number of amides is 1. The molecule has 5 heteroatoms. The highest BCUT2D eigenvalue weighted by Crippen LogP contribution is 2.31. The van der Waals surface area contributed by atoms with Crippen molar-refractivity contribution in [1.29, 1.82) is 0 Å². The molecule has 1 atom stereocenters. The number of carboxylic acid groups (broad SMARTS) is 1. The number of likely N-dealkylation sites (tertiary alicyclic amines) is 1. The molecule has 108 valence electrons. The van der Waals surface area contributed by atoms with Crippen molar-refractivity contribution in [2.75, 3.05) is 13.1 Å². The molecule has 1 aliphatic heterocycles. The smallest absolute Gasteiger partial charge is 0.311 e. The van der Waals surface area contributed by atoms with E-state index in [0.717, 1.165) is 10.8 Å². The lowest BCUT2D eigenvalue weighted by molar-refractivity contribution is -0.147. The van der Waals surface area contributed by atoms with E-state index in [4.69, 9.17) is 0 Å². The van der Waals surface area contributed by atoms with Gasteiger partial charge in [-0.05, 0) is 24.8 Å². The summed E-state index contributed by atoms with van der Waals surface area (Å²) in [6.45, 7) is 2.36. The first-order chi connectivity index (χ1) is 10.0. The Morgan fingerprint density at radius 2 is 2.05 bits per heavy atom. The van der Waals surface area contributed by atoms with Gasteiger partial charge in [0.25, 0.3) is 5.91 Å². The summed E-state index contributed by atoms with van der Waals surface area (Å²) in [6, 6.07) is 9.43. The monoisotopic (exact) mass is 284 g/mol. The van der Waals surface area contributed by atoms with Crippen molar-refractivity contribution < 1.29 is 14.7 Å². The van der Waals surface area contributed by atoms with Crippen molar-refractivity contribution in [2.24, 2.45) is 5.41 Å². The Balaban J connectivity index is 1.94. The third-order valence-electron chi connectivity index (χ3n) is 4.15. The largest absolute Gasteiger partial charge is 0.481 e. The summed E-state index contributed by atoms with van der Waals surface area (Å²) in [7, 11) is 0. The van der Waals surface area contributed by atoms with Gasteiger partial charge in [0.2, 0.25) is 0 Å². The molecule has 2 aromatic rings. The average molecular weight is 284 g/mol. The molecular weight excluding hydrogens is 268 g/mol. The Bertz CT molecular complexity index is 723. The van der Waals surface area contributed by atoms with Gasteiger partial charge in [-0.25, -0.2) is 0 Å². The van der Waals surface area contributed by atoms with Crippen molar-refractivity contribution in [3.63, 3.8) is 0 Å². The van der Waals surface area contributed by atoms with Crippen LogP contribution in [0.1, 0.15) is 23.8 Å². The molecule has 1 saturated heterocycles. The van der Waals surface area contributed by atoms with Gasteiger partial charge >= 0.3 is 5.97 Å². The maximum absolute atomic E-state index is 12.6. The third kappa shape index (κ3) is 2.24. The number of carboxylic acids is 1. The normalized spacial score (nSPS) is 21.7. The molecule has 1 N–H and O–H groups in total. The Morgan fingerprint density at radius 1 is 1.29 bits per heavy atom. The molecule has 1 unspecified atom stereocenters. The molecule has 1 aromatic carbocycles. The number of carbonyl (C=O) groups excluding carboxylic acids is 1. The lowest BCUT2D eigenvalue weighted by atomic mass is 9.90. The molecule has 0 spiro atoms. The van der Waals surface area contributed by atoms with Crippen molar-refractivity contribution >= 4 is 22.6 Å². The van der Waals surface area contributed by atoms with E-state index < -0.39 is 11.4 Å². The van der Waals surface area contributed by atoms with Crippen LogP contribution in [0.25, 0.3) is 10.8 Å². The number of hydrogen-bond donors (Lipinski definition) is 1. The zero-order valence-electron chi connectivity index (χ0n) is 11.7. The van der Waals surface area contributed by atoms with Crippen LogP contribution in [0.15, 0.2) is 36.5 Å². The van der Waals surface area contributed by atoms with Gasteiger partial charge < -0.3 is 10.0 Å². The molecule has 5 nitrogen and oxygen atoms in total. The molecule has 3 rings (SSSR count). The number of hydrogen-bond acceptors (Lipinski definition) is 3. The number of rotatable bonds is 2. The van der Waals surface area contributed by atoms with Gasteiger partial charge in [-0.2, -0.15) is 0 Å². The first-order valence-electron chi connectivity index (χ1n) is 6.88. The first-order valence-corrected chi connectivity index (χ1v) is 6.88. The van der Waals surface area contributed by atoms with Crippen molar-refractivity contribution in [1.82, 2.24) is 9.88 Å². The maximum Gasteiger partial charge on any atom is 0.311 e. The minimum Gasteiger partial charge on any atom is -0.481 e. The average Bonchev–Trinajstić information content (AvgIpc) is 2.90. The van der Waals surface area contributed by atoms with Crippen molar-refractivity contribution in [3.05, 3.63) is 42.2 Å². The summed E-state index contributed by atoms with van der Waals surface area (Å²) >= 11 is 0. The van der Waals surface area contributed by atoms with Crippen LogP contribution in [0.4, 0.5) is 0 Å². The van der Waals surface area contributed by atoms with Crippen LogP contribution in [-0.4, -0.2) is 40.0 Å². The van der Waals surface area contributed by atoms with E-state index in [0.29, 0.717) is 18.7 Å². The van der Waals surface area contributed by atoms with Gasteiger partial charge in [0.15, 0.2) is 0 Å². The number of fused-ring (bicyclic) bond motifs is 1. The predicted octanol–water partition coefficient (Wildman–Crippen LogP) is 2.17. The van der Waals surface area contributed by atoms with Crippen molar-refractivity contribution in [2.45, 2.75) is 13.3 Å². The van der Waals surface area contributed by atoms with E-state index in [9.17, 15) is 14.7 Å². The summed E-state index contributed by atoms with van der Waals surface area (Å²) in [5.41, 5.74) is -0.469. The molecular formula is C16H16N2O3. The Labute approximate surface area is 122 Å². The molecule has 1 aliphatic rings. The summed E-state index contributed by atoms with van der Waals surface area (Å²) in [6.07, 6.45) is 2.08. The highest BCUT2D eigenvalue weighted by Gasteiger charge is 2.42. The van der Waals surface area contributed by atoms with Crippen LogP contribution >= 0.6 is 0 Å². The maximum atomic E-state index is 12.6. The highest BCUT2D eigenvalue weighted by atomic mass is 16.4. The Hall–Kier alpha value is -2.43. The number of carbonyl (C=O) groups is 2. The first kappa shape index (κ1) is 13.5. The number of pyridine rings is 1. The van der Waals surface area contributed by atoms with Gasteiger partial charge in [-0.1, -0.05) is 24.3 Å². The number of aromatic nitrogens is 1. The lowest BCUT2D eigenvalue weighted by Crippen LogP contribution is -2.35. The molecule has 0 bridgehead atoms. The van der Waals surface area contributed by atoms with E-state index in [1.807, 2.05) is 30.3 Å². The fourth-order valence-electron chi connectivity index (χ4n) is 2.75. The Kier molecular flexibility index (Phi) is 3.12. The van der Waals surface area contributed by atoms with Crippen LogP contribution in [0.5, 0.6) is 0 Å². The van der Waals surface area contributed by atoms with Gasteiger partial charge in [-0.15, -0.1) is 0 Å². The van der Waals surface area contributed by atoms with E-state index >= 15 is 0 Å². The quantitative estimate of drug-likeness (QED) is 0.917. The zero-order valence-corrected chi connectivity index (χ0v) is 11.7. The van der Waals surface area contributed by atoms with Gasteiger partial charge in [0.05, 0.1) is 5.41 Å².